The number of carbonyl (C=O) groups is 1. The maximum atomic E-state index is 13.3. The number of methoxy groups -OCH3 is 1. The van der Waals surface area contributed by atoms with Crippen molar-refractivity contribution in [2.45, 2.75) is 38.9 Å². The molecule has 1 amide bonds. The zero-order chi connectivity index (χ0) is 24.2. The molecule has 4 aromatic rings. The molecule has 8 heteroatoms. The minimum atomic E-state index is -0.183. The highest BCUT2D eigenvalue weighted by atomic mass is 32.2. The first kappa shape index (κ1) is 24.0. The van der Waals surface area contributed by atoms with E-state index in [1.54, 1.807) is 11.7 Å². The van der Waals surface area contributed by atoms with Crippen LogP contribution in [-0.4, -0.2) is 28.3 Å². The zero-order valence-corrected chi connectivity index (χ0v) is 21.3. The number of amides is 1. The number of nitrogens with one attached hydrogen (secondary N) is 1. The summed E-state index contributed by atoms with van der Waals surface area (Å²) in [7, 11) is 1.57. The summed E-state index contributed by atoms with van der Waals surface area (Å²) < 4.78 is 7.67. The Morgan fingerprint density at radius 3 is 2.56 bits per heavy atom. The van der Waals surface area contributed by atoms with Gasteiger partial charge in [-0.3, -0.25) is 14.2 Å². The first-order valence-corrected chi connectivity index (χ1v) is 12.9. The van der Waals surface area contributed by atoms with Crippen LogP contribution in [0.15, 0.2) is 58.5 Å². The minimum Gasteiger partial charge on any atom is -0.495 e. The number of rotatable bonds is 8. The van der Waals surface area contributed by atoms with E-state index in [4.69, 9.17) is 9.72 Å². The molecule has 0 radical (unpaired) electrons. The highest BCUT2D eigenvalue weighted by Gasteiger charge is 2.17. The number of carbonyl (C=O) groups excluding carboxylic acids is 1. The standard InChI is InChI=1S/C26H27N3O3S2/c1-5-12-29-25(31)24-20(14-22(34-24)18-9-6-16(2)7-10-18)28-26(29)33-15-23(30)27-19-13-17(3)8-11-21(19)32-4/h6-11,13-14H,5,12,15H2,1-4H3,(H,27,30). The molecular weight excluding hydrogens is 466 g/mol. The van der Waals surface area contributed by atoms with E-state index in [2.05, 4.69) is 29.6 Å². The van der Waals surface area contributed by atoms with Gasteiger partial charge in [0, 0.05) is 11.4 Å². The van der Waals surface area contributed by atoms with Gasteiger partial charge in [-0.1, -0.05) is 54.6 Å². The highest BCUT2D eigenvalue weighted by Crippen LogP contribution is 2.32. The van der Waals surface area contributed by atoms with Gasteiger partial charge in [0.2, 0.25) is 5.91 Å². The fourth-order valence-corrected chi connectivity index (χ4v) is 5.49. The molecule has 0 aliphatic heterocycles. The lowest BCUT2D eigenvalue weighted by atomic mass is 10.1. The molecule has 0 spiro atoms. The largest absolute Gasteiger partial charge is 0.495 e. The molecule has 0 unspecified atom stereocenters. The number of thioether (sulfide) groups is 1. The van der Waals surface area contributed by atoms with Gasteiger partial charge in [0.25, 0.3) is 5.56 Å². The normalized spacial score (nSPS) is 11.1. The summed E-state index contributed by atoms with van der Waals surface area (Å²) in [6.07, 6.45) is 0.795. The van der Waals surface area contributed by atoms with Gasteiger partial charge >= 0.3 is 0 Å². The SMILES string of the molecule is CCCn1c(SCC(=O)Nc2cc(C)ccc2OC)nc2cc(-c3ccc(C)cc3)sc2c1=O. The molecule has 34 heavy (non-hydrogen) atoms. The number of nitrogens with zero attached hydrogens (tertiary/aromatic N) is 2. The van der Waals surface area contributed by atoms with Crippen LogP contribution in [-0.2, 0) is 11.3 Å². The van der Waals surface area contributed by atoms with Crippen LogP contribution in [0, 0.1) is 13.8 Å². The monoisotopic (exact) mass is 493 g/mol. The Balaban J connectivity index is 1.60. The predicted molar refractivity (Wildman–Crippen MR) is 141 cm³/mol. The first-order chi connectivity index (χ1) is 16.4. The van der Waals surface area contributed by atoms with Crippen LogP contribution in [0.4, 0.5) is 5.69 Å². The molecule has 176 valence electrons. The van der Waals surface area contributed by atoms with Crippen molar-refractivity contribution in [2.24, 2.45) is 0 Å². The molecule has 2 aromatic carbocycles. The maximum absolute atomic E-state index is 13.3. The minimum absolute atomic E-state index is 0.0570. The van der Waals surface area contributed by atoms with Crippen molar-refractivity contribution in [3.8, 4) is 16.2 Å². The van der Waals surface area contributed by atoms with Crippen molar-refractivity contribution in [1.82, 2.24) is 9.55 Å². The quantitative estimate of drug-likeness (QED) is 0.245. The van der Waals surface area contributed by atoms with Gasteiger partial charge in [-0.25, -0.2) is 4.98 Å². The molecule has 2 heterocycles. The smallest absolute Gasteiger partial charge is 0.272 e. The molecule has 0 saturated heterocycles. The molecule has 2 aromatic heterocycles. The van der Waals surface area contributed by atoms with Crippen LogP contribution in [0.2, 0.25) is 0 Å². The van der Waals surface area contributed by atoms with Crippen molar-refractivity contribution < 1.29 is 9.53 Å². The Bertz CT molecular complexity index is 1390. The predicted octanol–water partition coefficient (Wildman–Crippen LogP) is 5.89. The fourth-order valence-electron chi connectivity index (χ4n) is 3.62. The van der Waals surface area contributed by atoms with Crippen LogP contribution < -0.4 is 15.6 Å². The van der Waals surface area contributed by atoms with Crippen LogP contribution in [0.3, 0.4) is 0 Å². The second-order valence-electron chi connectivity index (χ2n) is 8.08. The summed E-state index contributed by atoms with van der Waals surface area (Å²) in [6.45, 7) is 6.58. The third-order valence-corrected chi connectivity index (χ3v) is 7.48. The Labute approximate surface area is 207 Å². The maximum Gasteiger partial charge on any atom is 0.272 e. The first-order valence-electron chi connectivity index (χ1n) is 11.1. The van der Waals surface area contributed by atoms with E-state index in [1.807, 2.05) is 45.0 Å². The van der Waals surface area contributed by atoms with E-state index in [0.29, 0.717) is 33.4 Å². The van der Waals surface area contributed by atoms with Crippen molar-refractivity contribution in [3.05, 3.63) is 70.0 Å². The fraction of sp³-hybridized carbons (Fsp3) is 0.269. The lowest BCUT2D eigenvalue weighted by Crippen LogP contribution is -2.23. The molecule has 0 aliphatic carbocycles. The summed E-state index contributed by atoms with van der Waals surface area (Å²) in [4.78, 5) is 31.8. The van der Waals surface area contributed by atoms with Gasteiger partial charge < -0.3 is 10.1 Å². The third kappa shape index (κ3) is 5.18. The summed E-state index contributed by atoms with van der Waals surface area (Å²) in [5.74, 6) is 0.554. The van der Waals surface area contributed by atoms with E-state index < -0.39 is 0 Å². The Kier molecular flexibility index (Phi) is 7.38. The van der Waals surface area contributed by atoms with Crippen molar-refractivity contribution in [2.75, 3.05) is 18.2 Å². The molecule has 6 nitrogen and oxygen atoms in total. The molecule has 1 N–H and O–H groups in total. The average molecular weight is 494 g/mol. The summed E-state index contributed by atoms with van der Waals surface area (Å²) in [5, 5.41) is 3.46. The zero-order valence-electron chi connectivity index (χ0n) is 19.7. The van der Waals surface area contributed by atoms with Crippen LogP contribution in [0.25, 0.3) is 20.7 Å². The topological polar surface area (TPSA) is 73.2 Å². The van der Waals surface area contributed by atoms with Crippen LogP contribution >= 0.6 is 23.1 Å². The van der Waals surface area contributed by atoms with E-state index >= 15 is 0 Å². The van der Waals surface area contributed by atoms with Crippen LogP contribution in [0.5, 0.6) is 5.75 Å². The van der Waals surface area contributed by atoms with E-state index in [0.717, 1.165) is 22.4 Å². The second-order valence-corrected chi connectivity index (χ2v) is 10.1. The number of fused-ring (bicyclic) bond motifs is 1. The van der Waals surface area contributed by atoms with Gasteiger partial charge in [0.1, 0.15) is 10.4 Å². The molecule has 0 aliphatic rings. The number of aromatic nitrogens is 2. The van der Waals surface area contributed by atoms with Gasteiger partial charge in [-0.05, 0) is 49.6 Å². The number of thiophene rings is 1. The van der Waals surface area contributed by atoms with Crippen molar-refractivity contribution in [1.29, 1.82) is 0 Å². The average Bonchev–Trinajstić information content (AvgIpc) is 3.25. The molecule has 4 rings (SSSR count). The number of anilines is 1. The Hall–Kier alpha value is -3.10. The number of benzene rings is 2. The molecule has 0 saturated carbocycles. The molecule has 0 fully saturated rings. The molecular formula is C26H27N3O3S2. The van der Waals surface area contributed by atoms with E-state index in [-0.39, 0.29) is 17.2 Å². The number of hydrogen-bond donors (Lipinski definition) is 1. The van der Waals surface area contributed by atoms with E-state index in [1.165, 1.54) is 28.7 Å². The van der Waals surface area contributed by atoms with Crippen molar-refractivity contribution >= 4 is 44.9 Å². The highest BCUT2D eigenvalue weighted by molar-refractivity contribution is 7.99. The molecule has 0 bridgehead atoms. The molecule has 0 atom stereocenters. The Morgan fingerprint density at radius 1 is 1.12 bits per heavy atom. The second kappa shape index (κ2) is 10.4. The summed E-state index contributed by atoms with van der Waals surface area (Å²) in [6, 6.07) is 15.8. The van der Waals surface area contributed by atoms with Crippen LogP contribution in [0.1, 0.15) is 24.5 Å². The van der Waals surface area contributed by atoms with Gasteiger partial charge in [0.15, 0.2) is 5.16 Å². The summed E-state index contributed by atoms with van der Waals surface area (Å²) in [5.41, 5.74) is 4.52. The number of aryl methyl sites for hydroxylation is 2. The number of ether oxygens (including phenoxy) is 1. The lowest BCUT2D eigenvalue weighted by Gasteiger charge is -2.12. The van der Waals surface area contributed by atoms with Gasteiger partial charge in [0.05, 0.1) is 24.1 Å². The number of hydrogen-bond acceptors (Lipinski definition) is 6. The van der Waals surface area contributed by atoms with Gasteiger partial charge in [-0.15, -0.1) is 11.3 Å². The Morgan fingerprint density at radius 2 is 1.85 bits per heavy atom. The van der Waals surface area contributed by atoms with Crippen molar-refractivity contribution in [3.63, 3.8) is 0 Å². The lowest BCUT2D eigenvalue weighted by molar-refractivity contribution is -0.113. The summed E-state index contributed by atoms with van der Waals surface area (Å²) >= 11 is 2.74. The third-order valence-electron chi connectivity index (χ3n) is 5.34. The van der Waals surface area contributed by atoms with Gasteiger partial charge in [-0.2, -0.15) is 0 Å². The van der Waals surface area contributed by atoms with E-state index in [9.17, 15) is 9.59 Å².